The summed E-state index contributed by atoms with van der Waals surface area (Å²) in [7, 11) is -1.57. The Kier molecular flexibility index (Phi) is 5.18. The lowest BCUT2D eigenvalue weighted by molar-refractivity contribution is -0.112. The zero-order valence-corrected chi connectivity index (χ0v) is 11.9. The first-order valence-corrected chi connectivity index (χ1v) is 9.57. The van der Waals surface area contributed by atoms with Gasteiger partial charge >= 0.3 is 0 Å². The van der Waals surface area contributed by atoms with Gasteiger partial charge in [0.1, 0.15) is 13.5 Å². The van der Waals surface area contributed by atoms with Crippen molar-refractivity contribution in [1.82, 2.24) is 0 Å². The highest BCUT2D eigenvalue weighted by Crippen LogP contribution is 2.08. The first kappa shape index (κ1) is 13.7. The number of hydrogen-bond acceptors (Lipinski definition) is 1. The van der Waals surface area contributed by atoms with Gasteiger partial charge in [0, 0.05) is 18.4 Å². The average molecular weight is 244 g/mol. The number of hydrogen-bond donors (Lipinski definition) is 0. The molecule has 1 aromatic rings. The van der Waals surface area contributed by atoms with E-state index in [4.69, 9.17) is 0 Å². The topological polar surface area (TPSA) is 17.1 Å². The van der Waals surface area contributed by atoms with Gasteiger partial charge in [-0.2, -0.15) is 0 Å². The summed E-state index contributed by atoms with van der Waals surface area (Å²) >= 11 is 0. The molecule has 0 fully saturated rings. The van der Waals surface area contributed by atoms with Crippen molar-refractivity contribution in [3.8, 4) is 11.8 Å². The van der Waals surface area contributed by atoms with E-state index in [2.05, 4.69) is 31.5 Å². The minimum Gasteiger partial charge on any atom is -0.305 e. The van der Waals surface area contributed by atoms with Gasteiger partial charge in [-0.25, -0.2) is 0 Å². The Balaban J connectivity index is 2.30. The van der Waals surface area contributed by atoms with Crippen LogP contribution in [0.4, 0.5) is 0 Å². The quantitative estimate of drug-likeness (QED) is 0.449. The minimum atomic E-state index is -1.57. The second-order valence-corrected chi connectivity index (χ2v) is 10.3. The van der Waals surface area contributed by atoms with Crippen LogP contribution in [-0.4, -0.2) is 13.5 Å². The molecule has 0 aliphatic heterocycles. The Labute approximate surface area is 105 Å². The van der Waals surface area contributed by atoms with Crippen LogP contribution < -0.4 is 0 Å². The van der Waals surface area contributed by atoms with Crippen molar-refractivity contribution in [3.63, 3.8) is 0 Å². The molecule has 1 nitrogen and oxygen atoms in total. The Morgan fingerprint density at radius 1 is 1.18 bits per heavy atom. The Morgan fingerprint density at radius 3 is 2.41 bits per heavy atom. The fraction of sp³-hybridized carbons (Fsp3) is 0.400. The fourth-order valence-electron chi connectivity index (χ4n) is 1.40. The normalized spacial score (nSPS) is 10.5. The van der Waals surface area contributed by atoms with Crippen LogP contribution in [0.25, 0.3) is 0 Å². The summed E-state index contributed by atoms with van der Waals surface area (Å²) in [6.45, 7) is 6.31. The van der Waals surface area contributed by atoms with Gasteiger partial charge in [-0.1, -0.05) is 49.7 Å². The van der Waals surface area contributed by atoms with Crippen molar-refractivity contribution >= 4 is 13.5 Å². The monoisotopic (exact) mass is 244 g/mol. The average Bonchev–Trinajstić information content (AvgIpc) is 2.28. The third-order valence-electron chi connectivity index (χ3n) is 2.55. The van der Waals surface area contributed by atoms with Crippen molar-refractivity contribution < 1.29 is 4.79 Å². The van der Waals surface area contributed by atoms with Gasteiger partial charge in [-0.05, 0) is 18.6 Å². The van der Waals surface area contributed by atoms with E-state index in [0.29, 0.717) is 11.8 Å². The van der Waals surface area contributed by atoms with Gasteiger partial charge in [-0.3, -0.25) is 0 Å². The van der Waals surface area contributed by atoms with Crippen LogP contribution >= 0.6 is 0 Å². The molecule has 0 atom stereocenters. The highest BCUT2D eigenvalue weighted by atomic mass is 28.3. The molecule has 90 valence electrons. The maximum Gasteiger partial charge on any atom is 0.123 e. The molecule has 0 unspecified atom stereocenters. The van der Waals surface area contributed by atoms with Crippen LogP contribution in [-0.2, 0) is 4.79 Å². The number of benzene rings is 1. The maximum atomic E-state index is 11.7. The number of carbonyl (C=O) groups excluding carboxylic acids is 1. The summed E-state index contributed by atoms with van der Waals surface area (Å²) in [5, 5.41) is 0.457. The fourth-order valence-corrected chi connectivity index (χ4v) is 2.33. The molecular formula is C15H20OSi. The largest absolute Gasteiger partial charge is 0.305 e. The summed E-state index contributed by atoms with van der Waals surface area (Å²) in [6.07, 6.45) is 2.40. The van der Waals surface area contributed by atoms with Crippen LogP contribution in [0.2, 0.25) is 19.6 Å². The molecule has 0 aliphatic rings. The second kappa shape index (κ2) is 6.41. The summed E-state index contributed by atoms with van der Waals surface area (Å²) in [4.78, 5) is 11.7. The predicted molar refractivity (Wildman–Crippen MR) is 75.5 cm³/mol. The standard InChI is InChI=1S/C15H20OSi/c1-17(2,3)15(16)13-9-5-8-12-14-10-6-4-7-11-14/h4,6-7,10-11H,5,9,13H2,1-3H3. The Morgan fingerprint density at radius 2 is 1.82 bits per heavy atom. The van der Waals surface area contributed by atoms with Crippen LogP contribution in [0.15, 0.2) is 30.3 Å². The third kappa shape index (κ3) is 5.51. The van der Waals surface area contributed by atoms with E-state index < -0.39 is 8.07 Å². The molecule has 0 spiro atoms. The number of rotatable bonds is 4. The molecule has 1 rings (SSSR count). The van der Waals surface area contributed by atoms with E-state index in [0.717, 1.165) is 18.4 Å². The van der Waals surface area contributed by atoms with Crippen LogP contribution in [0.1, 0.15) is 24.8 Å². The van der Waals surface area contributed by atoms with Crippen molar-refractivity contribution in [2.75, 3.05) is 0 Å². The van der Waals surface area contributed by atoms with Gasteiger partial charge in [0.25, 0.3) is 0 Å². The molecule has 1 aromatic carbocycles. The molecule has 17 heavy (non-hydrogen) atoms. The van der Waals surface area contributed by atoms with E-state index in [9.17, 15) is 4.79 Å². The molecule has 0 N–H and O–H groups in total. The molecule has 2 heteroatoms. The number of unbranched alkanes of at least 4 members (excludes halogenated alkanes) is 1. The highest BCUT2D eigenvalue weighted by molar-refractivity contribution is 7.03. The van der Waals surface area contributed by atoms with Crippen LogP contribution in [0.3, 0.4) is 0 Å². The van der Waals surface area contributed by atoms with Crippen molar-refractivity contribution in [2.24, 2.45) is 0 Å². The van der Waals surface area contributed by atoms with Crippen LogP contribution in [0.5, 0.6) is 0 Å². The van der Waals surface area contributed by atoms with Gasteiger partial charge < -0.3 is 4.79 Å². The minimum absolute atomic E-state index is 0.457. The summed E-state index contributed by atoms with van der Waals surface area (Å²) < 4.78 is 0. The lowest BCUT2D eigenvalue weighted by atomic mass is 10.2. The van der Waals surface area contributed by atoms with Crippen molar-refractivity contribution in [3.05, 3.63) is 35.9 Å². The van der Waals surface area contributed by atoms with E-state index in [1.54, 1.807) is 0 Å². The SMILES string of the molecule is C[Si](C)(C)C(=O)CCCC#Cc1ccccc1. The van der Waals surface area contributed by atoms with Gasteiger partial charge in [-0.15, -0.1) is 0 Å². The number of carbonyl (C=O) groups is 1. The van der Waals surface area contributed by atoms with E-state index in [1.165, 1.54) is 0 Å². The molecule has 0 saturated heterocycles. The first-order chi connectivity index (χ1) is 8.00. The molecule has 0 bridgehead atoms. The van der Waals surface area contributed by atoms with Gasteiger partial charge in [0.2, 0.25) is 0 Å². The smallest absolute Gasteiger partial charge is 0.123 e. The van der Waals surface area contributed by atoms with E-state index >= 15 is 0 Å². The third-order valence-corrected chi connectivity index (χ3v) is 4.47. The Bertz CT molecular complexity index is 418. The summed E-state index contributed by atoms with van der Waals surface area (Å²) in [6, 6.07) is 9.95. The lowest BCUT2D eigenvalue weighted by Crippen LogP contribution is -2.32. The molecule has 0 radical (unpaired) electrons. The molecule has 0 saturated carbocycles. The molecular weight excluding hydrogens is 224 g/mol. The van der Waals surface area contributed by atoms with E-state index in [1.807, 2.05) is 30.3 Å². The van der Waals surface area contributed by atoms with Gasteiger partial charge in [0.15, 0.2) is 0 Å². The van der Waals surface area contributed by atoms with E-state index in [-0.39, 0.29) is 0 Å². The highest BCUT2D eigenvalue weighted by Gasteiger charge is 2.22. The Hall–Kier alpha value is -1.33. The van der Waals surface area contributed by atoms with Gasteiger partial charge in [0.05, 0.1) is 0 Å². The molecule has 0 amide bonds. The first-order valence-electron chi connectivity index (χ1n) is 6.07. The zero-order chi connectivity index (χ0) is 12.7. The predicted octanol–water partition coefficient (Wildman–Crippen LogP) is 3.65. The second-order valence-electron chi connectivity index (χ2n) is 5.19. The van der Waals surface area contributed by atoms with Crippen LogP contribution in [0, 0.1) is 11.8 Å². The summed E-state index contributed by atoms with van der Waals surface area (Å²) in [5.41, 5.74) is 1.05. The van der Waals surface area contributed by atoms with Crippen molar-refractivity contribution in [2.45, 2.75) is 38.9 Å². The maximum absolute atomic E-state index is 11.7. The van der Waals surface area contributed by atoms with Crippen molar-refractivity contribution in [1.29, 1.82) is 0 Å². The lowest BCUT2D eigenvalue weighted by Gasteiger charge is -2.12. The summed E-state index contributed by atoms with van der Waals surface area (Å²) in [5.74, 6) is 6.23. The molecule has 0 aliphatic carbocycles. The zero-order valence-electron chi connectivity index (χ0n) is 10.9. The molecule has 0 aromatic heterocycles. The molecule has 0 heterocycles.